The Morgan fingerprint density at radius 1 is 0.708 bits per heavy atom. The molecule has 4 heterocycles. The number of hydrogen-bond acceptors (Lipinski definition) is 5. The number of ether oxygens (including phenoxy) is 1. The van der Waals surface area contributed by atoms with Gasteiger partial charge in [0.15, 0.2) is 0 Å². The van der Waals surface area contributed by atoms with Gasteiger partial charge in [-0.3, -0.25) is 14.6 Å². The lowest BCUT2D eigenvalue weighted by Gasteiger charge is -2.36. The molecule has 2 amide bonds. The molecule has 8 rings (SSSR count). The van der Waals surface area contributed by atoms with Crippen molar-refractivity contribution in [1.82, 2.24) is 14.5 Å². The standard InChI is InChI=1S/C40H35N5O3/c1-48-38-25-29(13-15-35(38)34-11-6-9-28-7-2-4-10-33(28)34)39(46)45-27-32-14-16-37(44(32)26-30-8-3-5-12-36(30)45)40(47)43-23-21-42(22-24-43)31-17-19-41-20-18-31/h2-20,25H,21-24,26-27H2,1H3. The third kappa shape index (κ3) is 5.25. The number of amides is 2. The Bertz CT molecular complexity index is 2140. The first-order valence-corrected chi connectivity index (χ1v) is 16.3. The quantitative estimate of drug-likeness (QED) is 0.207. The van der Waals surface area contributed by atoms with Crippen molar-refractivity contribution in [3.05, 3.63) is 144 Å². The van der Waals surface area contributed by atoms with Crippen LogP contribution in [0, 0.1) is 0 Å². The fraction of sp³-hybridized carbons (Fsp3) is 0.175. The predicted molar refractivity (Wildman–Crippen MR) is 189 cm³/mol. The van der Waals surface area contributed by atoms with Crippen LogP contribution in [0.15, 0.2) is 122 Å². The normalized spacial score (nSPS) is 14.3. The number of carbonyl (C=O) groups is 2. The average molecular weight is 634 g/mol. The summed E-state index contributed by atoms with van der Waals surface area (Å²) in [5.41, 5.74) is 7.03. The van der Waals surface area contributed by atoms with E-state index in [1.165, 1.54) is 0 Å². The van der Waals surface area contributed by atoms with Gasteiger partial charge in [0.25, 0.3) is 11.8 Å². The molecule has 0 N–H and O–H groups in total. The van der Waals surface area contributed by atoms with Gasteiger partial charge in [-0.2, -0.15) is 0 Å². The average Bonchev–Trinajstić information content (AvgIpc) is 3.46. The summed E-state index contributed by atoms with van der Waals surface area (Å²) in [7, 11) is 1.64. The highest BCUT2D eigenvalue weighted by atomic mass is 16.5. The van der Waals surface area contributed by atoms with Crippen molar-refractivity contribution in [2.75, 3.05) is 43.1 Å². The van der Waals surface area contributed by atoms with Gasteiger partial charge in [-0.05, 0) is 70.4 Å². The second-order valence-electron chi connectivity index (χ2n) is 12.2. The maximum Gasteiger partial charge on any atom is 0.270 e. The van der Waals surface area contributed by atoms with Crippen LogP contribution in [-0.2, 0) is 13.1 Å². The highest BCUT2D eigenvalue weighted by molar-refractivity contribution is 6.08. The molecule has 48 heavy (non-hydrogen) atoms. The SMILES string of the molecule is COc1cc(C(=O)N2Cc3ccc(C(=O)N4CCN(c5ccncc5)CC4)n3Cc3ccccc32)ccc1-c1cccc2ccccc12. The Balaban J connectivity index is 1.08. The van der Waals surface area contributed by atoms with Crippen molar-refractivity contribution in [1.29, 1.82) is 0 Å². The molecule has 0 atom stereocenters. The highest BCUT2D eigenvalue weighted by Gasteiger charge is 2.30. The molecule has 8 heteroatoms. The Morgan fingerprint density at radius 3 is 2.31 bits per heavy atom. The van der Waals surface area contributed by atoms with Crippen LogP contribution in [0.3, 0.4) is 0 Å². The van der Waals surface area contributed by atoms with Gasteiger partial charge in [0.1, 0.15) is 11.4 Å². The number of methoxy groups -OCH3 is 1. The lowest BCUT2D eigenvalue weighted by atomic mass is 9.96. The van der Waals surface area contributed by atoms with E-state index in [2.05, 4.69) is 38.7 Å². The number of pyridine rings is 1. The zero-order valence-corrected chi connectivity index (χ0v) is 26.8. The molecule has 6 aromatic rings. The Hall–Kier alpha value is -5.89. The number of fused-ring (bicyclic) bond motifs is 3. The van der Waals surface area contributed by atoms with Crippen LogP contribution in [0.25, 0.3) is 21.9 Å². The number of nitrogens with zero attached hydrogens (tertiary/aromatic N) is 5. The summed E-state index contributed by atoms with van der Waals surface area (Å²) in [5, 5.41) is 2.27. The van der Waals surface area contributed by atoms with Gasteiger partial charge in [0, 0.05) is 66.8 Å². The maximum absolute atomic E-state index is 14.4. The molecule has 238 valence electrons. The van der Waals surface area contributed by atoms with E-state index >= 15 is 0 Å². The van der Waals surface area contributed by atoms with Crippen molar-refractivity contribution >= 4 is 34.0 Å². The van der Waals surface area contributed by atoms with Gasteiger partial charge in [-0.1, -0.05) is 60.7 Å². The molecular weight excluding hydrogens is 598 g/mol. The van der Waals surface area contributed by atoms with Crippen LogP contribution in [0.4, 0.5) is 11.4 Å². The van der Waals surface area contributed by atoms with E-state index in [9.17, 15) is 9.59 Å². The second-order valence-corrected chi connectivity index (χ2v) is 12.2. The molecule has 0 saturated carbocycles. The van der Waals surface area contributed by atoms with E-state index in [1.54, 1.807) is 19.5 Å². The lowest BCUT2D eigenvalue weighted by Crippen LogP contribution is -2.49. The molecule has 2 aliphatic heterocycles. The van der Waals surface area contributed by atoms with Gasteiger partial charge >= 0.3 is 0 Å². The van der Waals surface area contributed by atoms with E-state index in [0.717, 1.165) is 57.6 Å². The summed E-state index contributed by atoms with van der Waals surface area (Å²) < 4.78 is 7.95. The van der Waals surface area contributed by atoms with Crippen LogP contribution >= 0.6 is 0 Å². The van der Waals surface area contributed by atoms with Crippen LogP contribution < -0.4 is 14.5 Å². The third-order valence-electron chi connectivity index (χ3n) is 9.59. The van der Waals surface area contributed by atoms with Gasteiger partial charge in [-0.15, -0.1) is 0 Å². The second kappa shape index (κ2) is 12.4. The van der Waals surface area contributed by atoms with E-state index < -0.39 is 0 Å². The smallest absolute Gasteiger partial charge is 0.270 e. The monoisotopic (exact) mass is 633 g/mol. The highest BCUT2D eigenvalue weighted by Crippen LogP contribution is 2.37. The molecule has 2 aliphatic rings. The van der Waals surface area contributed by atoms with E-state index in [4.69, 9.17) is 4.74 Å². The van der Waals surface area contributed by atoms with Crippen molar-refractivity contribution in [3.63, 3.8) is 0 Å². The summed E-state index contributed by atoms with van der Waals surface area (Å²) in [4.78, 5) is 38.5. The molecular formula is C40H35N5O3. The van der Waals surface area contributed by atoms with E-state index in [0.29, 0.717) is 43.2 Å². The zero-order valence-electron chi connectivity index (χ0n) is 26.8. The molecule has 8 nitrogen and oxygen atoms in total. The Labute approximate surface area is 279 Å². The van der Waals surface area contributed by atoms with Crippen molar-refractivity contribution in [3.8, 4) is 16.9 Å². The van der Waals surface area contributed by atoms with Crippen LogP contribution in [0.1, 0.15) is 32.1 Å². The molecule has 0 bridgehead atoms. The van der Waals surface area contributed by atoms with Crippen molar-refractivity contribution < 1.29 is 14.3 Å². The van der Waals surface area contributed by atoms with E-state index in [1.807, 2.05) is 94.7 Å². The molecule has 0 aliphatic carbocycles. The minimum atomic E-state index is -0.125. The summed E-state index contributed by atoms with van der Waals surface area (Å²) in [6, 6.07) is 36.1. The number of rotatable bonds is 5. The number of carbonyl (C=O) groups excluding carboxylic acids is 2. The summed E-state index contributed by atoms with van der Waals surface area (Å²) in [6.07, 6.45) is 3.60. The first-order chi connectivity index (χ1) is 23.6. The van der Waals surface area contributed by atoms with Gasteiger partial charge < -0.3 is 24.0 Å². The van der Waals surface area contributed by atoms with E-state index in [-0.39, 0.29) is 11.8 Å². The topological polar surface area (TPSA) is 70.9 Å². The van der Waals surface area contributed by atoms with Crippen LogP contribution in [-0.4, -0.2) is 59.6 Å². The van der Waals surface area contributed by atoms with Crippen LogP contribution in [0.5, 0.6) is 5.75 Å². The fourth-order valence-corrected chi connectivity index (χ4v) is 7.08. The number of aromatic nitrogens is 2. The molecule has 1 fully saturated rings. The first kappa shape index (κ1) is 29.5. The number of anilines is 2. The third-order valence-corrected chi connectivity index (χ3v) is 9.59. The molecule has 2 aromatic heterocycles. The molecule has 1 saturated heterocycles. The number of hydrogen-bond donors (Lipinski definition) is 0. The maximum atomic E-state index is 14.4. The number of para-hydroxylation sites is 1. The zero-order chi connectivity index (χ0) is 32.6. The fourth-order valence-electron chi connectivity index (χ4n) is 7.08. The minimum absolute atomic E-state index is 0.0154. The Kier molecular flexibility index (Phi) is 7.61. The molecule has 0 unspecified atom stereocenters. The van der Waals surface area contributed by atoms with Gasteiger partial charge in [-0.25, -0.2) is 0 Å². The number of piperazine rings is 1. The largest absolute Gasteiger partial charge is 0.496 e. The Morgan fingerprint density at radius 2 is 1.48 bits per heavy atom. The first-order valence-electron chi connectivity index (χ1n) is 16.3. The molecule has 0 radical (unpaired) electrons. The number of benzene rings is 4. The predicted octanol–water partition coefficient (Wildman–Crippen LogP) is 6.88. The lowest BCUT2D eigenvalue weighted by molar-refractivity contribution is 0.0736. The van der Waals surface area contributed by atoms with Gasteiger partial charge in [0.05, 0.1) is 20.2 Å². The van der Waals surface area contributed by atoms with Crippen LogP contribution in [0.2, 0.25) is 0 Å². The van der Waals surface area contributed by atoms with Gasteiger partial charge in [0.2, 0.25) is 0 Å². The summed E-state index contributed by atoms with van der Waals surface area (Å²) >= 11 is 0. The molecule has 4 aromatic carbocycles. The summed E-state index contributed by atoms with van der Waals surface area (Å²) in [6.45, 7) is 3.64. The minimum Gasteiger partial charge on any atom is -0.496 e. The molecule has 0 spiro atoms. The van der Waals surface area contributed by atoms with Crippen molar-refractivity contribution in [2.45, 2.75) is 13.1 Å². The van der Waals surface area contributed by atoms with Crippen molar-refractivity contribution in [2.24, 2.45) is 0 Å². The summed E-state index contributed by atoms with van der Waals surface area (Å²) in [5.74, 6) is 0.530.